The van der Waals surface area contributed by atoms with Gasteiger partial charge in [-0.25, -0.2) is 4.79 Å². The molecule has 0 bridgehead atoms. The van der Waals surface area contributed by atoms with Gasteiger partial charge in [0, 0.05) is 19.3 Å². The van der Waals surface area contributed by atoms with Crippen LogP contribution in [0.1, 0.15) is 5.56 Å². The largest absolute Gasteiger partial charge is 0.477 e. The second-order valence-corrected chi connectivity index (χ2v) is 2.81. The molecule has 0 saturated heterocycles. The van der Waals surface area contributed by atoms with Crippen LogP contribution in [0.4, 0.5) is 0 Å². The number of carbonyl (C=O) groups is 1. The molecule has 0 aliphatic heterocycles. The predicted octanol–water partition coefficient (Wildman–Crippen LogP) is -0.230. The highest BCUT2D eigenvalue weighted by Gasteiger charge is 2.01. The SMILES string of the molecule is Cn1ccc(/C=C(/N)C(=O)O)cc1=O. The number of carboxylic acids is 1. The third-order valence-corrected chi connectivity index (χ3v) is 1.70. The van der Waals surface area contributed by atoms with Gasteiger partial charge in [-0.3, -0.25) is 4.79 Å². The maximum Gasteiger partial charge on any atom is 0.351 e. The highest BCUT2D eigenvalue weighted by molar-refractivity contribution is 5.90. The Kier molecular flexibility index (Phi) is 2.71. The van der Waals surface area contributed by atoms with Gasteiger partial charge in [-0.1, -0.05) is 0 Å². The summed E-state index contributed by atoms with van der Waals surface area (Å²) in [5, 5.41) is 8.49. The van der Waals surface area contributed by atoms with Crippen molar-refractivity contribution in [3.63, 3.8) is 0 Å². The molecule has 1 heterocycles. The molecule has 14 heavy (non-hydrogen) atoms. The van der Waals surface area contributed by atoms with Crippen LogP contribution in [0.15, 0.2) is 28.8 Å². The summed E-state index contributed by atoms with van der Waals surface area (Å²) in [4.78, 5) is 21.5. The minimum Gasteiger partial charge on any atom is -0.477 e. The average Bonchev–Trinajstić information content (AvgIpc) is 2.11. The summed E-state index contributed by atoms with van der Waals surface area (Å²) in [6.45, 7) is 0. The number of pyridine rings is 1. The summed E-state index contributed by atoms with van der Waals surface area (Å²) in [6, 6.07) is 2.92. The van der Waals surface area contributed by atoms with E-state index in [1.54, 1.807) is 19.3 Å². The van der Waals surface area contributed by atoms with Crippen molar-refractivity contribution in [2.45, 2.75) is 0 Å². The number of nitrogens with two attached hydrogens (primary N) is 1. The number of aromatic nitrogens is 1. The Bertz CT molecular complexity index is 446. The van der Waals surface area contributed by atoms with E-state index in [0.717, 1.165) is 0 Å². The van der Waals surface area contributed by atoms with E-state index >= 15 is 0 Å². The van der Waals surface area contributed by atoms with Crippen molar-refractivity contribution in [3.05, 3.63) is 39.9 Å². The van der Waals surface area contributed by atoms with Gasteiger partial charge in [0.15, 0.2) is 0 Å². The molecule has 1 aromatic heterocycles. The van der Waals surface area contributed by atoms with E-state index in [1.807, 2.05) is 0 Å². The zero-order valence-corrected chi connectivity index (χ0v) is 7.60. The Balaban J connectivity index is 3.11. The first-order valence-electron chi connectivity index (χ1n) is 3.88. The van der Waals surface area contributed by atoms with Crippen LogP contribution in [0.25, 0.3) is 6.08 Å². The molecule has 3 N–H and O–H groups in total. The second kappa shape index (κ2) is 3.78. The van der Waals surface area contributed by atoms with Gasteiger partial charge >= 0.3 is 5.97 Å². The smallest absolute Gasteiger partial charge is 0.351 e. The molecule has 0 aliphatic rings. The Morgan fingerprint density at radius 3 is 2.79 bits per heavy atom. The van der Waals surface area contributed by atoms with Gasteiger partial charge in [0.2, 0.25) is 0 Å². The van der Waals surface area contributed by atoms with E-state index in [1.165, 1.54) is 16.7 Å². The zero-order chi connectivity index (χ0) is 10.7. The maximum absolute atomic E-state index is 11.1. The summed E-state index contributed by atoms with van der Waals surface area (Å²) in [5.74, 6) is -1.20. The van der Waals surface area contributed by atoms with Crippen LogP contribution in [0.5, 0.6) is 0 Å². The van der Waals surface area contributed by atoms with Gasteiger partial charge in [0.25, 0.3) is 5.56 Å². The van der Waals surface area contributed by atoms with Gasteiger partial charge in [-0.05, 0) is 17.7 Å². The molecule has 74 valence electrons. The van der Waals surface area contributed by atoms with Crippen LogP contribution in [-0.4, -0.2) is 15.6 Å². The molecule has 5 heteroatoms. The number of carboxylic acid groups (broad SMARTS) is 1. The van der Waals surface area contributed by atoms with Crippen molar-refractivity contribution in [3.8, 4) is 0 Å². The molecular weight excluding hydrogens is 184 g/mol. The van der Waals surface area contributed by atoms with E-state index in [2.05, 4.69) is 0 Å². The van der Waals surface area contributed by atoms with E-state index in [-0.39, 0.29) is 11.3 Å². The fraction of sp³-hybridized carbons (Fsp3) is 0.111. The van der Waals surface area contributed by atoms with Crippen molar-refractivity contribution >= 4 is 12.0 Å². The summed E-state index contributed by atoms with van der Waals surface area (Å²) in [7, 11) is 1.61. The normalized spacial score (nSPS) is 11.4. The quantitative estimate of drug-likeness (QED) is 0.637. The Labute approximate surface area is 80.1 Å². The van der Waals surface area contributed by atoms with Crippen molar-refractivity contribution in [2.24, 2.45) is 12.8 Å². The minimum atomic E-state index is -1.20. The number of rotatable bonds is 2. The Hall–Kier alpha value is -2.04. The van der Waals surface area contributed by atoms with E-state index in [0.29, 0.717) is 5.56 Å². The fourth-order valence-corrected chi connectivity index (χ4v) is 0.895. The lowest BCUT2D eigenvalue weighted by Crippen LogP contribution is -2.15. The molecule has 0 spiro atoms. The summed E-state index contributed by atoms with van der Waals surface area (Å²) >= 11 is 0. The Morgan fingerprint density at radius 2 is 2.29 bits per heavy atom. The molecule has 0 amide bonds. The van der Waals surface area contributed by atoms with Crippen molar-refractivity contribution < 1.29 is 9.90 Å². The van der Waals surface area contributed by atoms with Gasteiger partial charge in [0.05, 0.1) is 0 Å². The van der Waals surface area contributed by atoms with Crippen LogP contribution in [-0.2, 0) is 11.8 Å². The molecule has 0 radical (unpaired) electrons. The molecule has 0 atom stereocenters. The third-order valence-electron chi connectivity index (χ3n) is 1.70. The third kappa shape index (κ3) is 2.22. The monoisotopic (exact) mass is 194 g/mol. The topological polar surface area (TPSA) is 85.3 Å². The van der Waals surface area contributed by atoms with Gasteiger partial charge in [-0.15, -0.1) is 0 Å². The molecule has 0 unspecified atom stereocenters. The molecule has 0 aliphatic carbocycles. The number of nitrogens with zero attached hydrogens (tertiary/aromatic N) is 1. The highest BCUT2D eigenvalue weighted by Crippen LogP contribution is 2.00. The van der Waals surface area contributed by atoms with Gasteiger partial charge in [-0.2, -0.15) is 0 Å². The fourth-order valence-electron chi connectivity index (χ4n) is 0.895. The highest BCUT2D eigenvalue weighted by atomic mass is 16.4. The first kappa shape index (κ1) is 10.0. The van der Waals surface area contributed by atoms with Crippen LogP contribution in [0.2, 0.25) is 0 Å². The number of hydrogen-bond donors (Lipinski definition) is 2. The maximum atomic E-state index is 11.1. The van der Waals surface area contributed by atoms with E-state index in [9.17, 15) is 9.59 Å². The van der Waals surface area contributed by atoms with Gasteiger partial charge < -0.3 is 15.4 Å². The van der Waals surface area contributed by atoms with Crippen LogP contribution in [0, 0.1) is 0 Å². The predicted molar refractivity (Wildman–Crippen MR) is 51.5 cm³/mol. The second-order valence-electron chi connectivity index (χ2n) is 2.81. The molecule has 5 nitrogen and oxygen atoms in total. The molecule has 0 aromatic carbocycles. The van der Waals surface area contributed by atoms with Gasteiger partial charge in [0.1, 0.15) is 5.70 Å². The lowest BCUT2D eigenvalue weighted by Gasteiger charge is -1.98. The summed E-state index contributed by atoms with van der Waals surface area (Å²) in [6.07, 6.45) is 2.78. The van der Waals surface area contributed by atoms with Crippen LogP contribution >= 0.6 is 0 Å². The van der Waals surface area contributed by atoms with Crippen LogP contribution < -0.4 is 11.3 Å². The number of aliphatic carboxylic acids is 1. The average molecular weight is 194 g/mol. The van der Waals surface area contributed by atoms with Crippen LogP contribution in [0.3, 0.4) is 0 Å². The molecule has 0 saturated carbocycles. The minimum absolute atomic E-state index is 0.211. The lowest BCUT2D eigenvalue weighted by molar-refractivity contribution is -0.132. The molecule has 1 rings (SSSR count). The standard InChI is InChI=1S/C9H10N2O3/c1-11-3-2-6(5-8(11)12)4-7(10)9(13)14/h2-5H,10H2,1H3,(H,13,14)/b7-4+. The first-order chi connectivity index (χ1) is 6.50. The van der Waals surface area contributed by atoms with Crippen molar-refractivity contribution in [1.29, 1.82) is 0 Å². The lowest BCUT2D eigenvalue weighted by atomic mass is 10.2. The Morgan fingerprint density at radius 1 is 1.64 bits per heavy atom. The molecule has 0 fully saturated rings. The van der Waals surface area contributed by atoms with Crippen molar-refractivity contribution in [2.75, 3.05) is 0 Å². The summed E-state index contributed by atoms with van der Waals surface area (Å²) < 4.78 is 1.38. The van der Waals surface area contributed by atoms with E-state index in [4.69, 9.17) is 10.8 Å². The zero-order valence-electron chi connectivity index (χ0n) is 7.60. The molecule has 1 aromatic rings. The van der Waals surface area contributed by atoms with Crippen molar-refractivity contribution in [1.82, 2.24) is 4.57 Å². The number of aryl methyl sites for hydroxylation is 1. The summed E-state index contributed by atoms with van der Waals surface area (Å²) in [5.41, 5.74) is 5.16. The number of hydrogen-bond acceptors (Lipinski definition) is 3. The molecular formula is C9H10N2O3. The van der Waals surface area contributed by atoms with E-state index < -0.39 is 5.97 Å². The first-order valence-corrected chi connectivity index (χ1v) is 3.88.